The Kier molecular flexibility index (Phi) is 7.09. The van der Waals surface area contributed by atoms with E-state index in [4.69, 9.17) is 14.2 Å². The van der Waals surface area contributed by atoms with Crippen LogP contribution in [0.3, 0.4) is 0 Å². The summed E-state index contributed by atoms with van der Waals surface area (Å²) >= 11 is 0. The summed E-state index contributed by atoms with van der Waals surface area (Å²) in [5.74, 6) is 0.768. The van der Waals surface area contributed by atoms with E-state index in [0.29, 0.717) is 43.5 Å². The standard InChI is InChI=1S/C21H24N2O6S/c1-27-19-8-6-16(14-20(19)28-2)7-9-21(24)22-17-4-3-5-18(15-17)30(25,26)23-10-12-29-13-11-23/h3-9,14-15H,10-13H2,1-2H3,(H,22,24). The summed E-state index contributed by atoms with van der Waals surface area (Å²) in [4.78, 5) is 12.4. The summed E-state index contributed by atoms with van der Waals surface area (Å²) < 4.78 is 42.6. The monoisotopic (exact) mass is 432 g/mol. The molecule has 9 heteroatoms. The molecule has 2 aromatic carbocycles. The molecule has 3 rings (SSSR count). The van der Waals surface area contributed by atoms with Crippen molar-refractivity contribution in [3.8, 4) is 11.5 Å². The number of hydrogen-bond acceptors (Lipinski definition) is 6. The van der Waals surface area contributed by atoms with Crippen LogP contribution in [0.1, 0.15) is 5.56 Å². The minimum Gasteiger partial charge on any atom is -0.493 e. The molecule has 0 atom stereocenters. The fraction of sp³-hybridized carbons (Fsp3) is 0.286. The summed E-state index contributed by atoms with van der Waals surface area (Å²) in [5, 5.41) is 2.69. The molecule has 1 saturated heterocycles. The van der Waals surface area contributed by atoms with Crippen molar-refractivity contribution in [3.05, 3.63) is 54.1 Å². The predicted molar refractivity (Wildman–Crippen MR) is 113 cm³/mol. The van der Waals surface area contributed by atoms with Crippen molar-refractivity contribution in [2.75, 3.05) is 45.8 Å². The quantitative estimate of drug-likeness (QED) is 0.675. The van der Waals surface area contributed by atoms with E-state index in [1.807, 2.05) is 0 Å². The van der Waals surface area contributed by atoms with Gasteiger partial charge in [0.05, 0.1) is 32.3 Å². The summed E-state index contributed by atoms with van der Waals surface area (Å²) in [5.41, 5.74) is 1.15. The second-order valence-corrected chi connectivity index (χ2v) is 8.42. The third-order valence-corrected chi connectivity index (χ3v) is 6.44. The second kappa shape index (κ2) is 9.75. The number of nitrogens with zero attached hydrogens (tertiary/aromatic N) is 1. The maximum atomic E-state index is 12.8. The molecule has 1 fully saturated rings. The topological polar surface area (TPSA) is 94.2 Å². The first kappa shape index (κ1) is 21.8. The highest BCUT2D eigenvalue weighted by atomic mass is 32.2. The number of hydrogen-bond donors (Lipinski definition) is 1. The average Bonchev–Trinajstić information content (AvgIpc) is 2.78. The summed E-state index contributed by atoms with van der Waals surface area (Å²) in [7, 11) is -0.544. The zero-order valence-electron chi connectivity index (χ0n) is 16.8. The molecule has 0 aliphatic carbocycles. The molecule has 30 heavy (non-hydrogen) atoms. The molecule has 0 spiro atoms. The normalized spacial score (nSPS) is 15.1. The Balaban J connectivity index is 1.70. The van der Waals surface area contributed by atoms with E-state index >= 15 is 0 Å². The van der Waals surface area contributed by atoms with Gasteiger partial charge in [0.25, 0.3) is 0 Å². The maximum absolute atomic E-state index is 12.8. The number of rotatable bonds is 7. The molecular weight excluding hydrogens is 408 g/mol. The Hall–Kier alpha value is -2.88. The van der Waals surface area contributed by atoms with Crippen LogP contribution < -0.4 is 14.8 Å². The first-order valence-electron chi connectivity index (χ1n) is 9.33. The molecule has 2 aromatic rings. The SMILES string of the molecule is COc1ccc(C=CC(=O)Nc2cccc(S(=O)(=O)N3CCOCC3)c2)cc1OC. The summed E-state index contributed by atoms with van der Waals surface area (Å²) in [6.07, 6.45) is 3.00. The van der Waals surface area contributed by atoms with Gasteiger partial charge in [-0.05, 0) is 42.0 Å². The third kappa shape index (κ3) is 5.18. The van der Waals surface area contributed by atoms with Gasteiger partial charge in [-0.3, -0.25) is 4.79 Å². The van der Waals surface area contributed by atoms with Gasteiger partial charge in [-0.15, -0.1) is 0 Å². The maximum Gasteiger partial charge on any atom is 0.248 e. The molecule has 160 valence electrons. The molecule has 8 nitrogen and oxygen atoms in total. The highest BCUT2D eigenvalue weighted by Gasteiger charge is 2.26. The van der Waals surface area contributed by atoms with Crippen LogP contribution in [0.4, 0.5) is 5.69 Å². The van der Waals surface area contributed by atoms with Gasteiger partial charge in [-0.2, -0.15) is 4.31 Å². The number of carbonyl (C=O) groups excluding carboxylic acids is 1. The summed E-state index contributed by atoms with van der Waals surface area (Å²) in [6, 6.07) is 11.5. The molecule has 1 heterocycles. The van der Waals surface area contributed by atoms with E-state index in [9.17, 15) is 13.2 Å². The van der Waals surface area contributed by atoms with Gasteiger partial charge in [0.1, 0.15) is 0 Å². The second-order valence-electron chi connectivity index (χ2n) is 6.48. The average molecular weight is 432 g/mol. The smallest absolute Gasteiger partial charge is 0.248 e. The van der Waals surface area contributed by atoms with Crippen molar-refractivity contribution in [2.45, 2.75) is 4.90 Å². The van der Waals surface area contributed by atoms with Crippen molar-refractivity contribution in [1.82, 2.24) is 4.31 Å². The number of morpholine rings is 1. The largest absolute Gasteiger partial charge is 0.493 e. The number of ether oxygens (including phenoxy) is 3. The minimum absolute atomic E-state index is 0.131. The Morgan fingerprint density at radius 2 is 1.80 bits per heavy atom. The Labute approximate surface area is 176 Å². The molecule has 1 aliphatic rings. The van der Waals surface area contributed by atoms with Crippen molar-refractivity contribution >= 4 is 27.7 Å². The fourth-order valence-electron chi connectivity index (χ4n) is 2.98. The fourth-order valence-corrected chi connectivity index (χ4v) is 4.44. The van der Waals surface area contributed by atoms with E-state index in [-0.39, 0.29) is 10.8 Å². The van der Waals surface area contributed by atoms with E-state index < -0.39 is 10.0 Å². The zero-order valence-corrected chi connectivity index (χ0v) is 17.6. The van der Waals surface area contributed by atoms with Crippen LogP contribution >= 0.6 is 0 Å². The van der Waals surface area contributed by atoms with Gasteiger partial charge in [0.15, 0.2) is 11.5 Å². The van der Waals surface area contributed by atoms with Crippen molar-refractivity contribution < 1.29 is 27.4 Å². The van der Waals surface area contributed by atoms with E-state index in [1.165, 1.54) is 29.6 Å². The molecule has 0 radical (unpaired) electrons. The van der Waals surface area contributed by atoms with Crippen LogP contribution in [-0.2, 0) is 19.6 Å². The number of carbonyl (C=O) groups is 1. The zero-order chi connectivity index (χ0) is 21.6. The van der Waals surface area contributed by atoms with Crippen LogP contribution in [0.2, 0.25) is 0 Å². The number of nitrogens with one attached hydrogen (secondary N) is 1. The third-order valence-electron chi connectivity index (χ3n) is 4.54. The van der Waals surface area contributed by atoms with Crippen LogP contribution in [0.25, 0.3) is 6.08 Å². The van der Waals surface area contributed by atoms with Gasteiger partial charge in [0, 0.05) is 24.9 Å². The van der Waals surface area contributed by atoms with Gasteiger partial charge in [-0.1, -0.05) is 12.1 Å². The van der Waals surface area contributed by atoms with Gasteiger partial charge >= 0.3 is 0 Å². The van der Waals surface area contributed by atoms with Gasteiger partial charge in [-0.25, -0.2) is 8.42 Å². The van der Waals surface area contributed by atoms with Crippen molar-refractivity contribution in [2.24, 2.45) is 0 Å². The lowest BCUT2D eigenvalue weighted by Crippen LogP contribution is -2.40. The van der Waals surface area contributed by atoms with Gasteiger partial charge < -0.3 is 19.5 Å². The van der Waals surface area contributed by atoms with E-state index in [2.05, 4.69) is 5.32 Å². The number of sulfonamides is 1. The molecule has 1 amide bonds. The van der Waals surface area contributed by atoms with Gasteiger partial charge in [0.2, 0.25) is 15.9 Å². The first-order chi connectivity index (χ1) is 14.4. The molecule has 0 aromatic heterocycles. The van der Waals surface area contributed by atoms with E-state index in [1.54, 1.807) is 43.5 Å². The Bertz CT molecular complexity index is 1030. The molecule has 0 unspecified atom stereocenters. The van der Waals surface area contributed by atoms with Crippen LogP contribution in [-0.4, -0.2) is 59.2 Å². The minimum atomic E-state index is -3.63. The first-order valence-corrected chi connectivity index (χ1v) is 10.8. The molecule has 0 bridgehead atoms. The Morgan fingerprint density at radius 1 is 1.07 bits per heavy atom. The van der Waals surface area contributed by atoms with Crippen LogP contribution in [0.5, 0.6) is 11.5 Å². The predicted octanol–water partition coefficient (Wildman–Crippen LogP) is 2.38. The lowest BCUT2D eigenvalue weighted by atomic mass is 10.2. The lowest BCUT2D eigenvalue weighted by Gasteiger charge is -2.26. The lowest BCUT2D eigenvalue weighted by molar-refractivity contribution is -0.111. The van der Waals surface area contributed by atoms with Crippen molar-refractivity contribution in [3.63, 3.8) is 0 Å². The molecule has 1 aliphatic heterocycles. The number of methoxy groups -OCH3 is 2. The van der Waals surface area contributed by atoms with E-state index in [0.717, 1.165) is 5.56 Å². The van der Waals surface area contributed by atoms with Crippen LogP contribution in [0.15, 0.2) is 53.4 Å². The number of benzene rings is 2. The molecule has 1 N–H and O–H groups in total. The van der Waals surface area contributed by atoms with Crippen LogP contribution in [0, 0.1) is 0 Å². The number of amides is 1. The Morgan fingerprint density at radius 3 is 2.50 bits per heavy atom. The molecular formula is C21H24N2O6S. The number of anilines is 1. The summed E-state index contributed by atoms with van der Waals surface area (Å²) in [6.45, 7) is 1.37. The molecule has 0 saturated carbocycles. The van der Waals surface area contributed by atoms with Crippen molar-refractivity contribution in [1.29, 1.82) is 0 Å². The highest BCUT2D eigenvalue weighted by Crippen LogP contribution is 2.28. The highest BCUT2D eigenvalue weighted by molar-refractivity contribution is 7.89.